The number of fused-ring (bicyclic) bond motifs is 1. The molecule has 0 spiro atoms. The summed E-state index contributed by atoms with van der Waals surface area (Å²) in [5.41, 5.74) is 0.933. The van der Waals surface area contributed by atoms with Gasteiger partial charge < -0.3 is 20.1 Å². The van der Waals surface area contributed by atoms with Crippen LogP contribution in [0, 0.1) is 11.3 Å². The van der Waals surface area contributed by atoms with E-state index in [-0.39, 0.29) is 5.91 Å². The van der Waals surface area contributed by atoms with Gasteiger partial charge in [-0.3, -0.25) is 4.79 Å². The Hall–Kier alpha value is -2.96. The van der Waals surface area contributed by atoms with E-state index in [1.165, 1.54) is 17.5 Å². The summed E-state index contributed by atoms with van der Waals surface area (Å²) in [6.45, 7) is 3.49. The quantitative estimate of drug-likeness (QED) is 0.726. The van der Waals surface area contributed by atoms with Crippen LogP contribution >= 0.6 is 11.3 Å². The van der Waals surface area contributed by atoms with E-state index in [4.69, 9.17) is 5.26 Å². The number of hydrogen-bond acceptors (Lipinski definition) is 7. The number of nitrogens with zero attached hydrogens (tertiary/aromatic N) is 5. The minimum absolute atomic E-state index is 0.119. The molecule has 0 unspecified atom stereocenters. The second-order valence-electron chi connectivity index (χ2n) is 5.93. The van der Waals surface area contributed by atoms with Crippen LogP contribution in [0.25, 0.3) is 10.9 Å². The van der Waals surface area contributed by atoms with E-state index in [2.05, 4.69) is 26.7 Å². The third-order valence-electron chi connectivity index (χ3n) is 4.31. The summed E-state index contributed by atoms with van der Waals surface area (Å²) >= 11 is 1.28. The largest absolute Gasteiger partial charge is 0.339 e. The van der Waals surface area contributed by atoms with Crippen molar-refractivity contribution in [3.05, 3.63) is 35.6 Å². The van der Waals surface area contributed by atoms with Gasteiger partial charge in [0, 0.05) is 44.0 Å². The second kappa shape index (κ2) is 7.11. The molecule has 0 saturated carbocycles. The number of hydrogen-bond donors (Lipinski definition) is 2. The van der Waals surface area contributed by atoms with E-state index >= 15 is 0 Å². The average Bonchev–Trinajstić information content (AvgIpc) is 3.30. The fourth-order valence-corrected chi connectivity index (χ4v) is 3.62. The number of piperazine rings is 1. The van der Waals surface area contributed by atoms with Crippen molar-refractivity contribution < 1.29 is 4.79 Å². The molecule has 0 radical (unpaired) electrons. The SMILES string of the molecule is N#Cc1cnc(Nc2nccc3c2ccn3CC(=O)N2CCNCC2)s1. The van der Waals surface area contributed by atoms with E-state index in [9.17, 15) is 4.79 Å². The highest BCUT2D eigenvalue weighted by molar-refractivity contribution is 7.16. The van der Waals surface area contributed by atoms with Gasteiger partial charge in [0.05, 0.1) is 11.7 Å². The highest BCUT2D eigenvalue weighted by atomic mass is 32.1. The first-order valence-corrected chi connectivity index (χ1v) is 9.11. The van der Waals surface area contributed by atoms with E-state index < -0.39 is 0 Å². The van der Waals surface area contributed by atoms with Crippen LogP contribution in [0.2, 0.25) is 0 Å². The lowest BCUT2D eigenvalue weighted by Gasteiger charge is -2.27. The molecule has 4 heterocycles. The molecule has 1 aliphatic heterocycles. The van der Waals surface area contributed by atoms with E-state index in [1.807, 2.05) is 27.8 Å². The highest BCUT2D eigenvalue weighted by Crippen LogP contribution is 2.27. The third kappa shape index (κ3) is 3.24. The van der Waals surface area contributed by atoms with Crippen LogP contribution in [0.1, 0.15) is 4.88 Å². The average molecular weight is 367 g/mol. The van der Waals surface area contributed by atoms with Crippen LogP contribution in [-0.2, 0) is 11.3 Å². The van der Waals surface area contributed by atoms with Gasteiger partial charge in [-0.05, 0) is 12.1 Å². The zero-order chi connectivity index (χ0) is 17.9. The molecule has 1 amide bonds. The summed E-state index contributed by atoms with van der Waals surface area (Å²) < 4.78 is 1.94. The number of pyridine rings is 1. The summed E-state index contributed by atoms with van der Waals surface area (Å²) in [6, 6.07) is 5.91. The molecule has 0 atom stereocenters. The van der Waals surface area contributed by atoms with Crippen LogP contribution < -0.4 is 10.6 Å². The zero-order valence-corrected chi connectivity index (χ0v) is 14.8. The van der Waals surface area contributed by atoms with Crippen LogP contribution in [0.3, 0.4) is 0 Å². The standard InChI is InChI=1S/C17H17N7OS/c18-9-12-10-21-17(26-12)22-16-13-2-6-24(14(13)1-3-20-16)11-15(25)23-7-4-19-5-8-23/h1-3,6,10,19H,4-5,7-8,11H2,(H,20,21,22). The number of anilines is 2. The molecule has 0 aliphatic carbocycles. The van der Waals surface area contributed by atoms with Gasteiger partial charge in [-0.15, -0.1) is 0 Å². The van der Waals surface area contributed by atoms with Gasteiger partial charge in [0.1, 0.15) is 23.3 Å². The first kappa shape index (κ1) is 16.5. The minimum Gasteiger partial charge on any atom is -0.339 e. The van der Waals surface area contributed by atoms with Gasteiger partial charge in [0.25, 0.3) is 0 Å². The molecule has 9 heteroatoms. The molecule has 2 N–H and O–H groups in total. The number of thiazole rings is 1. The Kier molecular flexibility index (Phi) is 4.51. The van der Waals surface area contributed by atoms with Gasteiger partial charge in [-0.25, -0.2) is 9.97 Å². The lowest BCUT2D eigenvalue weighted by molar-refractivity contribution is -0.132. The molecule has 26 heavy (non-hydrogen) atoms. The minimum atomic E-state index is 0.119. The molecule has 3 aromatic heterocycles. The fraction of sp³-hybridized carbons (Fsp3) is 0.294. The Morgan fingerprint density at radius 3 is 2.96 bits per heavy atom. The predicted octanol–water partition coefficient (Wildman–Crippen LogP) is 1.54. The Morgan fingerprint density at radius 1 is 1.35 bits per heavy atom. The van der Waals surface area contributed by atoms with Gasteiger partial charge in [-0.1, -0.05) is 11.3 Å². The summed E-state index contributed by atoms with van der Waals surface area (Å²) in [6.07, 6.45) is 5.14. The smallest absolute Gasteiger partial charge is 0.242 e. The second-order valence-corrected chi connectivity index (χ2v) is 6.96. The normalized spacial score (nSPS) is 14.3. The number of carbonyl (C=O) groups is 1. The van der Waals surface area contributed by atoms with Crippen molar-refractivity contribution >= 4 is 39.1 Å². The number of rotatable bonds is 4. The molecule has 1 fully saturated rings. The molecule has 8 nitrogen and oxygen atoms in total. The number of nitriles is 1. The van der Waals surface area contributed by atoms with Crippen molar-refractivity contribution in [1.82, 2.24) is 24.8 Å². The van der Waals surface area contributed by atoms with Crippen LogP contribution in [-0.4, -0.2) is 51.5 Å². The van der Waals surface area contributed by atoms with Gasteiger partial charge in [0.15, 0.2) is 5.13 Å². The Balaban J connectivity index is 1.56. The van der Waals surface area contributed by atoms with Gasteiger partial charge in [-0.2, -0.15) is 5.26 Å². The van der Waals surface area contributed by atoms with Gasteiger partial charge >= 0.3 is 0 Å². The van der Waals surface area contributed by atoms with E-state index in [1.54, 1.807) is 6.20 Å². The molecular weight excluding hydrogens is 350 g/mol. The molecule has 132 valence electrons. The van der Waals surface area contributed by atoms with Crippen LogP contribution in [0.15, 0.2) is 30.7 Å². The molecule has 4 rings (SSSR count). The summed E-state index contributed by atoms with van der Waals surface area (Å²) in [7, 11) is 0. The van der Waals surface area contributed by atoms with Crippen molar-refractivity contribution in [3.63, 3.8) is 0 Å². The third-order valence-corrected chi connectivity index (χ3v) is 5.13. The predicted molar refractivity (Wildman–Crippen MR) is 99.3 cm³/mol. The van der Waals surface area contributed by atoms with Crippen molar-refractivity contribution in [3.8, 4) is 6.07 Å². The lowest BCUT2D eigenvalue weighted by atomic mass is 10.3. The number of aromatic nitrogens is 3. The van der Waals surface area contributed by atoms with Crippen molar-refractivity contribution in [2.75, 3.05) is 31.5 Å². The number of carbonyl (C=O) groups excluding carboxylic acids is 1. The van der Waals surface area contributed by atoms with Crippen LogP contribution in [0.5, 0.6) is 0 Å². The highest BCUT2D eigenvalue weighted by Gasteiger charge is 2.17. The Labute approximate surface area is 154 Å². The molecule has 3 aromatic rings. The Bertz CT molecular complexity index is 981. The lowest BCUT2D eigenvalue weighted by Crippen LogP contribution is -2.47. The number of amides is 1. The molecule has 1 saturated heterocycles. The first-order valence-electron chi connectivity index (χ1n) is 8.30. The summed E-state index contributed by atoms with van der Waals surface area (Å²) in [5.74, 6) is 0.781. The Morgan fingerprint density at radius 2 is 2.19 bits per heavy atom. The topological polar surface area (TPSA) is 98.9 Å². The van der Waals surface area contributed by atoms with E-state index in [0.29, 0.717) is 22.4 Å². The van der Waals surface area contributed by atoms with Crippen molar-refractivity contribution in [1.29, 1.82) is 5.26 Å². The van der Waals surface area contributed by atoms with Crippen molar-refractivity contribution in [2.45, 2.75) is 6.54 Å². The number of nitrogens with one attached hydrogen (secondary N) is 2. The maximum atomic E-state index is 12.5. The summed E-state index contributed by atoms with van der Waals surface area (Å²) in [4.78, 5) is 23.5. The summed E-state index contributed by atoms with van der Waals surface area (Å²) in [5, 5.41) is 16.9. The van der Waals surface area contributed by atoms with Crippen LogP contribution in [0.4, 0.5) is 10.9 Å². The van der Waals surface area contributed by atoms with E-state index in [0.717, 1.165) is 37.1 Å². The van der Waals surface area contributed by atoms with Gasteiger partial charge in [0.2, 0.25) is 5.91 Å². The monoisotopic (exact) mass is 367 g/mol. The first-order chi connectivity index (χ1) is 12.7. The fourth-order valence-electron chi connectivity index (χ4n) is 3.00. The zero-order valence-electron chi connectivity index (χ0n) is 14.0. The molecular formula is C17H17N7OS. The molecule has 1 aliphatic rings. The molecule has 0 aromatic carbocycles. The maximum Gasteiger partial charge on any atom is 0.242 e. The van der Waals surface area contributed by atoms with Crippen molar-refractivity contribution in [2.24, 2.45) is 0 Å². The molecule has 0 bridgehead atoms. The maximum absolute atomic E-state index is 12.5.